The van der Waals surface area contributed by atoms with Gasteiger partial charge in [-0.05, 0) is 34.7 Å². The van der Waals surface area contributed by atoms with Crippen LogP contribution in [0.4, 0.5) is 11.4 Å². The quantitative estimate of drug-likeness (QED) is 0.472. The highest BCUT2D eigenvalue weighted by Crippen LogP contribution is 2.32. The van der Waals surface area contributed by atoms with Gasteiger partial charge < -0.3 is 9.64 Å². The largest absolute Gasteiger partial charge is 0.378 e. The normalized spacial score (nSPS) is 16.2. The Labute approximate surface area is 107 Å². The van der Waals surface area contributed by atoms with E-state index in [0.717, 1.165) is 0 Å². The van der Waals surface area contributed by atoms with E-state index in [9.17, 15) is 10.1 Å². The van der Waals surface area contributed by atoms with Gasteiger partial charge in [0.05, 0.1) is 21.7 Å². The number of hydrogen-bond acceptors (Lipinski definition) is 4. The molecule has 1 aromatic carbocycles. The average Bonchev–Trinajstić information content (AvgIpc) is 2.29. The SMILES string of the molecule is O=[N+]([O-])c1c(I)cccc1N1CCOCC1. The Morgan fingerprint density at radius 2 is 2.06 bits per heavy atom. The molecule has 1 aliphatic rings. The Balaban J connectivity index is 2.38. The van der Waals surface area contributed by atoms with Crippen molar-refractivity contribution in [3.8, 4) is 0 Å². The minimum absolute atomic E-state index is 0.199. The zero-order valence-corrected chi connectivity index (χ0v) is 10.7. The maximum atomic E-state index is 11.0. The van der Waals surface area contributed by atoms with Crippen molar-refractivity contribution in [2.75, 3.05) is 31.2 Å². The Hall–Kier alpha value is -0.890. The summed E-state index contributed by atoms with van der Waals surface area (Å²) in [6.07, 6.45) is 0. The zero-order valence-electron chi connectivity index (χ0n) is 8.56. The van der Waals surface area contributed by atoms with E-state index >= 15 is 0 Å². The third-order valence-corrected chi connectivity index (χ3v) is 3.37. The molecule has 2 rings (SSSR count). The monoisotopic (exact) mass is 334 g/mol. The third kappa shape index (κ3) is 2.27. The van der Waals surface area contributed by atoms with E-state index in [0.29, 0.717) is 35.6 Å². The average molecular weight is 334 g/mol. The Morgan fingerprint density at radius 3 is 2.69 bits per heavy atom. The van der Waals surface area contributed by atoms with Gasteiger partial charge in [-0.2, -0.15) is 0 Å². The molecule has 1 saturated heterocycles. The van der Waals surface area contributed by atoms with Crippen molar-refractivity contribution in [3.63, 3.8) is 0 Å². The van der Waals surface area contributed by atoms with Crippen LogP contribution in [0.25, 0.3) is 0 Å². The molecule has 16 heavy (non-hydrogen) atoms. The Bertz CT molecular complexity index is 405. The van der Waals surface area contributed by atoms with Gasteiger partial charge in [-0.3, -0.25) is 10.1 Å². The number of para-hydroxylation sites is 1. The highest BCUT2D eigenvalue weighted by molar-refractivity contribution is 14.1. The molecule has 0 aliphatic carbocycles. The molecule has 0 amide bonds. The van der Waals surface area contributed by atoms with Gasteiger partial charge >= 0.3 is 5.69 Å². The standard InChI is InChI=1S/C10H11IN2O3/c11-8-2-1-3-9(10(8)13(14)15)12-4-6-16-7-5-12/h1-3H,4-7H2. The number of benzene rings is 1. The van der Waals surface area contributed by atoms with E-state index in [-0.39, 0.29) is 10.6 Å². The van der Waals surface area contributed by atoms with E-state index in [1.165, 1.54) is 0 Å². The van der Waals surface area contributed by atoms with Crippen LogP contribution in [0, 0.1) is 13.7 Å². The fourth-order valence-electron chi connectivity index (χ4n) is 1.74. The van der Waals surface area contributed by atoms with E-state index in [2.05, 4.69) is 0 Å². The molecule has 0 N–H and O–H groups in total. The maximum absolute atomic E-state index is 11.0. The number of halogens is 1. The molecule has 0 saturated carbocycles. The summed E-state index contributed by atoms with van der Waals surface area (Å²) in [4.78, 5) is 12.7. The molecule has 1 fully saturated rings. The first-order valence-corrected chi connectivity index (χ1v) is 6.03. The molecular weight excluding hydrogens is 323 g/mol. The van der Waals surface area contributed by atoms with Crippen molar-refractivity contribution in [3.05, 3.63) is 31.9 Å². The summed E-state index contributed by atoms with van der Waals surface area (Å²) in [5.41, 5.74) is 0.894. The topological polar surface area (TPSA) is 55.6 Å². The summed E-state index contributed by atoms with van der Waals surface area (Å²) in [6.45, 7) is 2.67. The Kier molecular flexibility index (Phi) is 3.59. The molecular formula is C10H11IN2O3. The number of nitrogens with zero attached hydrogens (tertiary/aromatic N) is 2. The fraction of sp³-hybridized carbons (Fsp3) is 0.400. The van der Waals surface area contributed by atoms with Crippen LogP contribution < -0.4 is 4.90 Å². The summed E-state index contributed by atoms with van der Waals surface area (Å²) in [6, 6.07) is 5.40. The summed E-state index contributed by atoms with van der Waals surface area (Å²) in [5.74, 6) is 0. The predicted octanol–water partition coefficient (Wildman–Crippen LogP) is 2.04. The molecule has 0 bridgehead atoms. The molecule has 1 aliphatic heterocycles. The number of morpholine rings is 1. The van der Waals surface area contributed by atoms with Crippen LogP contribution in [0.15, 0.2) is 18.2 Å². The Morgan fingerprint density at radius 1 is 1.38 bits per heavy atom. The smallest absolute Gasteiger partial charge is 0.305 e. The van der Waals surface area contributed by atoms with Gasteiger partial charge in [0.2, 0.25) is 0 Å². The van der Waals surface area contributed by atoms with Gasteiger partial charge in [0, 0.05) is 13.1 Å². The molecule has 0 aromatic heterocycles. The molecule has 0 atom stereocenters. The van der Waals surface area contributed by atoms with Crippen molar-refractivity contribution in [2.24, 2.45) is 0 Å². The fourth-order valence-corrected chi connectivity index (χ4v) is 2.42. The number of nitro benzene ring substituents is 1. The van der Waals surface area contributed by atoms with Crippen molar-refractivity contribution < 1.29 is 9.66 Å². The van der Waals surface area contributed by atoms with Crippen LogP contribution >= 0.6 is 22.6 Å². The van der Waals surface area contributed by atoms with Crippen LogP contribution in [0.1, 0.15) is 0 Å². The molecule has 6 heteroatoms. The van der Waals surface area contributed by atoms with Crippen molar-refractivity contribution >= 4 is 34.0 Å². The highest BCUT2D eigenvalue weighted by atomic mass is 127. The molecule has 1 heterocycles. The second-order valence-corrected chi connectivity index (χ2v) is 4.63. The maximum Gasteiger partial charge on any atom is 0.305 e. The first-order valence-electron chi connectivity index (χ1n) is 4.96. The van der Waals surface area contributed by atoms with Crippen molar-refractivity contribution in [1.82, 2.24) is 0 Å². The molecule has 1 aromatic rings. The number of nitro groups is 1. The van der Waals surface area contributed by atoms with Gasteiger partial charge in [0.25, 0.3) is 0 Å². The molecule has 5 nitrogen and oxygen atoms in total. The lowest BCUT2D eigenvalue weighted by molar-refractivity contribution is -0.385. The van der Waals surface area contributed by atoms with Gasteiger partial charge in [-0.1, -0.05) is 6.07 Å². The molecule has 0 unspecified atom stereocenters. The van der Waals surface area contributed by atoms with E-state index in [1.807, 2.05) is 33.6 Å². The first kappa shape index (κ1) is 11.6. The van der Waals surface area contributed by atoms with E-state index in [4.69, 9.17) is 4.74 Å². The van der Waals surface area contributed by atoms with Crippen LogP contribution in [0.3, 0.4) is 0 Å². The number of anilines is 1. The van der Waals surface area contributed by atoms with Crippen LogP contribution in [-0.4, -0.2) is 31.2 Å². The second-order valence-electron chi connectivity index (χ2n) is 3.46. The van der Waals surface area contributed by atoms with Gasteiger partial charge in [0.1, 0.15) is 5.69 Å². The van der Waals surface area contributed by atoms with Crippen LogP contribution in [-0.2, 0) is 4.74 Å². The first-order chi connectivity index (χ1) is 7.70. The zero-order chi connectivity index (χ0) is 11.5. The summed E-state index contributed by atoms with van der Waals surface area (Å²) < 4.78 is 5.91. The predicted molar refractivity (Wildman–Crippen MR) is 68.8 cm³/mol. The minimum Gasteiger partial charge on any atom is -0.378 e. The van der Waals surface area contributed by atoms with Crippen LogP contribution in [0.2, 0.25) is 0 Å². The van der Waals surface area contributed by atoms with Gasteiger partial charge in [-0.15, -0.1) is 0 Å². The van der Waals surface area contributed by atoms with E-state index < -0.39 is 0 Å². The van der Waals surface area contributed by atoms with Gasteiger partial charge in [0.15, 0.2) is 0 Å². The van der Waals surface area contributed by atoms with Crippen molar-refractivity contribution in [1.29, 1.82) is 0 Å². The summed E-state index contributed by atoms with van der Waals surface area (Å²) >= 11 is 2.00. The number of rotatable bonds is 2. The highest BCUT2D eigenvalue weighted by Gasteiger charge is 2.23. The lowest BCUT2D eigenvalue weighted by Crippen LogP contribution is -2.36. The third-order valence-electron chi connectivity index (χ3n) is 2.50. The molecule has 0 spiro atoms. The van der Waals surface area contributed by atoms with Crippen LogP contribution in [0.5, 0.6) is 0 Å². The lowest BCUT2D eigenvalue weighted by atomic mass is 10.2. The lowest BCUT2D eigenvalue weighted by Gasteiger charge is -2.28. The second kappa shape index (κ2) is 4.96. The van der Waals surface area contributed by atoms with E-state index in [1.54, 1.807) is 12.1 Å². The molecule has 86 valence electrons. The number of hydrogen-bond donors (Lipinski definition) is 0. The van der Waals surface area contributed by atoms with Crippen molar-refractivity contribution in [2.45, 2.75) is 0 Å². The minimum atomic E-state index is -0.313. The molecule has 0 radical (unpaired) electrons. The van der Waals surface area contributed by atoms with Gasteiger partial charge in [-0.25, -0.2) is 0 Å². The number of ether oxygens (including phenoxy) is 1. The summed E-state index contributed by atoms with van der Waals surface area (Å²) in [5, 5.41) is 11.0. The summed E-state index contributed by atoms with van der Waals surface area (Å²) in [7, 11) is 0.